The Morgan fingerprint density at radius 2 is 2.33 bits per heavy atom. The molecule has 0 aliphatic carbocycles. The summed E-state index contributed by atoms with van der Waals surface area (Å²) in [4.78, 5) is 12.0. The molecule has 1 aromatic carbocycles. The number of benzene rings is 1. The van der Waals surface area contributed by atoms with Gasteiger partial charge in [-0.3, -0.25) is 4.79 Å². The molecule has 1 aromatic rings. The monoisotopic (exact) mass is 376 g/mol. The number of hydrogen-bond acceptors (Lipinski definition) is 2. The molecule has 2 rings (SSSR count). The summed E-state index contributed by atoms with van der Waals surface area (Å²) in [5, 5.41) is 6.64. The summed E-state index contributed by atoms with van der Waals surface area (Å²) in [5.41, 5.74) is 1.80. The molecule has 0 bridgehead atoms. The van der Waals surface area contributed by atoms with Crippen LogP contribution in [0.25, 0.3) is 0 Å². The molecule has 1 amide bonds. The molecule has 3 nitrogen and oxygen atoms in total. The summed E-state index contributed by atoms with van der Waals surface area (Å²) in [6.45, 7) is 2.46. The van der Waals surface area contributed by atoms with E-state index in [9.17, 15) is 4.79 Å². The van der Waals surface area contributed by atoms with Crippen molar-refractivity contribution in [2.24, 2.45) is 0 Å². The van der Waals surface area contributed by atoms with Crippen molar-refractivity contribution in [3.05, 3.63) is 44.0 Å². The van der Waals surface area contributed by atoms with Gasteiger partial charge in [0, 0.05) is 16.7 Å². The molecule has 0 fully saturated rings. The second-order valence-electron chi connectivity index (χ2n) is 4.12. The first kappa shape index (κ1) is 13.8. The molecule has 5 heteroatoms. The van der Waals surface area contributed by atoms with E-state index in [2.05, 4.69) is 39.3 Å². The lowest BCUT2D eigenvalue weighted by atomic mass is 10.1. The van der Waals surface area contributed by atoms with Crippen molar-refractivity contribution in [1.82, 2.24) is 10.6 Å². The van der Waals surface area contributed by atoms with Crippen LogP contribution in [-0.4, -0.2) is 25.5 Å². The van der Waals surface area contributed by atoms with E-state index in [4.69, 9.17) is 11.6 Å². The maximum Gasteiger partial charge on any atom is 0.253 e. The first-order chi connectivity index (χ1) is 8.66. The Morgan fingerprint density at radius 3 is 3.00 bits per heavy atom. The molecule has 0 spiro atoms. The normalized spacial score (nSPS) is 15.1. The minimum absolute atomic E-state index is 0.115. The molecular weight excluding hydrogens is 363 g/mol. The zero-order valence-corrected chi connectivity index (χ0v) is 12.7. The van der Waals surface area contributed by atoms with Gasteiger partial charge in [0.2, 0.25) is 0 Å². The largest absolute Gasteiger partial charge is 0.348 e. The fourth-order valence-electron chi connectivity index (χ4n) is 1.79. The van der Waals surface area contributed by atoms with Gasteiger partial charge in [0.05, 0.1) is 10.6 Å². The third-order valence-corrected chi connectivity index (χ3v) is 3.79. The lowest BCUT2D eigenvalue weighted by Crippen LogP contribution is -2.29. The second kappa shape index (κ2) is 6.54. The summed E-state index contributed by atoms with van der Waals surface area (Å²) >= 11 is 8.23. The highest BCUT2D eigenvalue weighted by atomic mass is 127. The number of nitrogens with one attached hydrogen (secondary N) is 2. The molecule has 0 atom stereocenters. The molecular formula is C13H14ClIN2O. The third-order valence-electron chi connectivity index (χ3n) is 2.81. The number of hydrogen-bond donors (Lipinski definition) is 2. The van der Waals surface area contributed by atoms with Crippen LogP contribution in [0.3, 0.4) is 0 Å². The van der Waals surface area contributed by atoms with E-state index in [0.29, 0.717) is 17.1 Å². The minimum atomic E-state index is -0.115. The zero-order chi connectivity index (χ0) is 13.0. The first-order valence-corrected chi connectivity index (χ1v) is 7.24. The lowest BCUT2D eigenvalue weighted by molar-refractivity contribution is 0.0957. The molecule has 1 aliphatic rings. The molecule has 0 saturated carbocycles. The SMILES string of the molecule is O=C(NCC1=CCNCC1)c1ccc(I)cc1Cl. The van der Waals surface area contributed by atoms with Gasteiger partial charge in [0.1, 0.15) is 0 Å². The van der Waals surface area contributed by atoms with Crippen LogP contribution in [0.5, 0.6) is 0 Å². The standard InChI is InChI=1S/C13H14ClIN2O/c14-12-7-10(15)1-2-11(12)13(18)17-8-9-3-5-16-6-4-9/h1-3,7,16H,4-6,8H2,(H,17,18). The van der Waals surface area contributed by atoms with Crippen LogP contribution in [0.4, 0.5) is 0 Å². The van der Waals surface area contributed by atoms with Gasteiger partial charge in [-0.2, -0.15) is 0 Å². The van der Waals surface area contributed by atoms with Crippen molar-refractivity contribution in [2.45, 2.75) is 6.42 Å². The highest BCUT2D eigenvalue weighted by Crippen LogP contribution is 2.19. The predicted octanol–water partition coefficient (Wildman–Crippen LogP) is 2.59. The number of amides is 1. The van der Waals surface area contributed by atoms with Gasteiger partial charge in [0.15, 0.2) is 0 Å². The molecule has 2 N–H and O–H groups in total. The van der Waals surface area contributed by atoms with E-state index in [-0.39, 0.29) is 5.91 Å². The molecule has 96 valence electrons. The van der Waals surface area contributed by atoms with Gasteiger partial charge in [-0.25, -0.2) is 0 Å². The van der Waals surface area contributed by atoms with Crippen LogP contribution in [0.2, 0.25) is 5.02 Å². The maximum atomic E-state index is 12.0. The Labute approximate surface area is 125 Å². The van der Waals surface area contributed by atoms with Gasteiger partial charge < -0.3 is 10.6 Å². The third kappa shape index (κ3) is 3.70. The van der Waals surface area contributed by atoms with E-state index >= 15 is 0 Å². The Balaban J connectivity index is 1.97. The Kier molecular flexibility index (Phi) is 5.03. The molecule has 18 heavy (non-hydrogen) atoms. The number of carbonyl (C=O) groups is 1. The predicted molar refractivity (Wildman–Crippen MR) is 82.1 cm³/mol. The van der Waals surface area contributed by atoms with Crippen LogP contribution < -0.4 is 10.6 Å². The second-order valence-corrected chi connectivity index (χ2v) is 5.78. The highest BCUT2D eigenvalue weighted by Gasteiger charge is 2.11. The Hall–Kier alpha value is -0.590. The van der Waals surface area contributed by atoms with Crippen molar-refractivity contribution in [3.63, 3.8) is 0 Å². The minimum Gasteiger partial charge on any atom is -0.348 e. The molecule has 0 unspecified atom stereocenters. The van der Waals surface area contributed by atoms with E-state index in [0.717, 1.165) is 23.1 Å². The zero-order valence-electron chi connectivity index (χ0n) is 9.80. The number of carbonyl (C=O) groups excluding carboxylic acids is 1. The quantitative estimate of drug-likeness (QED) is 0.629. The van der Waals surface area contributed by atoms with E-state index in [1.807, 2.05) is 6.07 Å². The molecule has 0 radical (unpaired) electrons. The average molecular weight is 377 g/mol. The van der Waals surface area contributed by atoms with Crippen molar-refractivity contribution in [3.8, 4) is 0 Å². The van der Waals surface area contributed by atoms with Gasteiger partial charge in [-0.15, -0.1) is 0 Å². The van der Waals surface area contributed by atoms with Gasteiger partial charge in [-0.05, 0) is 53.8 Å². The average Bonchev–Trinajstić information content (AvgIpc) is 2.37. The fourth-order valence-corrected chi connectivity index (χ4v) is 2.73. The van der Waals surface area contributed by atoms with E-state index in [1.165, 1.54) is 5.57 Å². The van der Waals surface area contributed by atoms with Crippen molar-refractivity contribution in [1.29, 1.82) is 0 Å². The summed E-state index contributed by atoms with van der Waals surface area (Å²) in [6, 6.07) is 5.43. The summed E-state index contributed by atoms with van der Waals surface area (Å²) in [7, 11) is 0. The van der Waals surface area contributed by atoms with E-state index in [1.54, 1.807) is 12.1 Å². The van der Waals surface area contributed by atoms with Crippen LogP contribution in [-0.2, 0) is 0 Å². The topological polar surface area (TPSA) is 41.1 Å². The van der Waals surface area contributed by atoms with Crippen molar-refractivity contribution < 1.29 is 4.79 Å². The van der Waals surface area contributed by atoms with Crippen LogP contribution >= 0.6 is 34.2 Å². The summed E-state index contributed by atoms with van der Waals surface area (Å²) < 4.78 is 1.02. The summed E-state index contributed by atoms with van der Waals surface area (Å²) in [6.07, 6.45) is 3.11. The molecule has 0 aromatic heterocycles. The Bertz CT molecular complexity index is 488. The number of halogens is 2. The number of rotatable bonds is 3. The lowest BCUT2D eigenvalue weighted by Gasteiger charge is -2.14. The smallest absolute Gasteiger partial charge is 0.253 e. The molecule has 1 heterocycles. The van der Waals surface area contributed by atoms with Gasteiger partial charge >= 0.3 is 0 Å². The molecule has 0 saturated heterocycles. The fraction of sp³-hybridized carbons (Fsp3) is 0.308. The van der Waals surface area contributed by atoms with E-state index < -0.39 is 0 Å². The van der Waals surface area contributed by atoms with Crippen LogP contribution in [0, 0.1) is 3.57 Å². The summed E-state index contributed by atoms with van der Waals surface area (Å²) in [5.74, 6) is -0.115. The van der Waals surface area contributed by atoms with Crippen molar-refractivity contribution >= 4 is 40.1 Å². The van der Waals surface area contributed by atoms with Crippen LogP contribution in [0.15, 0.2) is 29.8 Å². The van der Waals surface area contributed by atoms with Crippen LogP contribution in [0.1, 0.15) is 16.8 Å². The first-order valence-electron chi connectivity index (χ1n) is 5.78. The van der Waals surface area contributed by atoms with Crippen molar-refractivity contribution in [2.75, 3.05) is 19.6 Å². The maximum absolute atomic E-state index is 12.0. The van der Waals surface area contributed by atoms with Gasteiger partial charge in [-0.1, -0.05) is 23.3 Å². The molecule has 1 aliphatic heterocycles. The highest BCUT2D eigenvalue weighted by molar-refractivity contribution is 14.1. The Morgan fingerprint density at radius 1 is 1.50 bits per heavy atom. The van der Waals surface area contributed by atoms with Gasteiger partial charge in [0.25, 0.3) is 5.91 Å².